The van der Waals surface area contributed by atoms with Gasteiger partial charge in [0.15, 0.2) is 5.82 Å². The molecule has 2 amide bonds. The van der Waals surface area contributed by atoms with Crippen LogP contribution in [0.1, 0.15) is 11.1 Å². The van der Waals surface area contributed by atoms with Crippen LogP contribution >= 0.6 is 15.9 Å². The summed E-state index contributed by atoms with van der Waals surface area (Å²) in [6, 6.07) is 19.3. The minimum Gasteiger partial charge on any atom is -0.350 e. The van der Waals surface area contributed by atoms with E-state index in [2.05, 4.69) is 31.4 Å². The van der Waals surface area contributed by atoms with Gasteiger partial charge in [0.2, 0.25) is 11.8 Å². The molecule has 0 saturated carbocycles. The number of carbonyl (C=O) groups excluding carboxylic acids is 2. The number of hydrogen-bond acceptors (Lipinski definition) is 6. The molecule has 176 valence electrons. The van der Waals surface area contributed by atoms with Gasteiger partial charge >= 0.3 is 0 Å². The number of halogens is 1. The summed E-state index contributed by atoms with van der Waals surface area (Å²) in [6.45, 7) is 3.44. The average Bonchev–Trinajstić information content (AvgIpc) is 2.82. The van der Waals surface area contributed by atoms with Gasteiger partial charge in [-0.15, -0.1) is 10.2 Å². The Hall–Kier alpha value is -3.30. The van der Waals surface area contributed by atoms with E-state index < -0.39 is 0 Å². The van der Waals surface area contributed by atoms with Gasteiger partial charge in [0.05, 0.1) is 18.8 Å². The van der Waals surface area contributed by atoms with Crippen LogP contribution in [0.5, 0.6) is 0 Å². The van der Waals surface area contributed by atoms with E-state index in [1.807, 2.05) is 61.5 Å². The number of hydrogen-bond donors (Lipinski definition) is 2. The van der Waals surface area contributed by atoms with E-state index >= 15 is 0 Å². The van der Waals surface area contributed by atoms with Gasteiger partial charge in [0.1, 0.15) is 0 Å². The lowest BCUT2D eigenvalue weighted by Gasteiger charge is -2.38. The molecule has 1 aromatic heterocycles. The highest BCUT2D eigenvalue weighted by Crippen LogP contribution is 2.21. The Kier molecular flexibility index (Phi) is 7.54. The van der Waals surface area contributed by atoms with Crippen molar-refractivity contribution in [2.24, 2.45) is 5.73 Å². The molecule has 9 heteroatoms. The number of nitrogens with zero attached hydrogens (tertiary/aromatic N) is 4. The first-order chi connectivity index (χ1) is 16.4. The molecule has 0 spiro atoms. The van der Waals surface area contributed by atoms with Crippen LogP contribution in [-0.2, 0) is 16.1 Å². The molecule has 1 saturated heterocycles. The van der Waals surface area contributed by atoms with Gasteiger partial charge in [-0.2, -0.15) is 0 Å². The number of nitrogens with two attached hydrogens (primary N) is 1. The first kappa shape index (κ1) is 23.8. The maximum atomic E-state index is 12.8. The van der Waals surface area contributed by atoms with E-state index in [1.165, 1.54) is 0 Å². The quantitative estimate of drug-likeness (QED) is 0.471. The predicted octanol–water partition coefficient (Wildman–Crippen LogP) is 2.51. The van der Waals surface area contributed by atoms with Crippen molar-refractivity contribution in [2.45, 2.75) is 19.5 Å². The fraction of sp³-hybridized carbons (Fsp3) is 0.280. The lowest BCUT2D eigenvalue weighted by molar-refractivity contribution is -0.133. The van der Waals surface area contributed by atoms with E-state index in [9.17, 15) is 9.59 Å². The van der Waals surface area contributed by atoms with Gasteiger partial charge in [-0.3, -0.25) is 9.59 Å². The topological polar surface area (TPSA) is 104 Å². The Morgan fingerprint density at radius 3 is 2.47 bits per heavy atom. The number of carbonyl (C=O) groups is 2. The summed E-state index contributed by atoms with van der Waals surface area (Å²) in [7, 11) is 0. The molecule has 0 unspecified atom stereocenters. The summed E-state index contributed by atoms with van der Waals surface area (Å²) in [4.78, 5) is 28.9. The summed E-state index contributed by atoms with van der Waals surface area (Å²) >= 11 is 3.54. The Morgan fingerprint density at radius 2 is 1.82 bits per heavy atom. The second-order valence-corrected chi connectivity index (χ2v) is 9.22. The van der Waals surface area contributed by atoms with E-state index in [4.69, 9.17) is 5.73 Å². The first-order valence-corrected chi connectivity index (χ1v) is 11.9. The zero-order valence-corrected chi connectivity index (χ0v) is 20.5. The van der Waals surface area contributed by atoms with Crippen molar-refractivity contribution in [3.8, 4) is 11.3 Å². The molecule has 0 aliphatic carbocycles. The lowest BCUT2D eigenvalue weighted by atomic mass is 10.1. The molecule has 2 heterocycles. The van der Waals surface area contributed by atoms with Crippen molar-refractivity contribution in [3.63, 3.8) is 0 Å². The van der Waals surface area contributed by atoms with Crippen LogP contribution < -0.4 is 16.0 Å². The van der Waals surface area contributed by atoms with Crippen molar-refractivity contribution in [2.75, 3.05) is 31.1 Å². The molecule has 1 aliphatic rings. The molecule has 0 atom stereocenters. The molecule has 1 fully saturated rings. The molecule has 4 rings (SSSR count). The number of amides is 2. The van der Waals surface area contributed by atoms with Crippen molar-refractivity contribution in [3.05, 3.63) is 76.3 Å². The third-order valence-electron chi connectivity index (χ3n) is 5.78. The molecular weight excluding hydrogens is 496 g/mol. The Balaban J connectivity index is 1.47. The second-order valence-electron chi connectivity index (χ2n) is 8.37. The van der Waals surface area contributed by atoms with Crippen molar-refractivity contribution < 1.29 is 9.59 Å². The van der Waals surface area contributed by atoms with Gasteiger partial charge in [-0.1, -0.05) is 58.4 Å². The second kappa shape index (κ2) is 10.8. The number of nitrogens with one attached hydrogen (secondary N) is 1. The highest BCUT2D eigenvalue weighted by molar-refractivity contribution is 9.10. The number of benzene rings is 2. The van der Waals surface area contributed by atoms with Crippen LogP contribution in [-0.4, -0.2) is 59.1 Å². The monoisotopic (exact) mass is 522 g/mol. The number of aromatic nitrogens is 2. The van der Waals surface area contributed by atoms with E-state index in [0.29, 0.717) is 25.5 Å². The minimum atomic E-state index is -0.211. The zero-order valence-electron chi connectivity index (χ0n) is 18.9. The molecule has 2 aromatic carbocycles. The van der Waals surface area contributed by atoms with Crippen LogP contribution in [0.3, 0.4) is 0 Å². The van der Waals surface area contributed by atoms with Crippen LogP contribution in [0, 0.1) is 6.92 Å². The Labute approximate surface area is 207 Å². The molecule has 3 N–H and O–H groups in total. The first-order valence-electron chi connectivity index (χ1n) is 11.1. The van der Waals surface area contributed by atoms with E-state index in [-0.39, 0.29) is 30.9 Å². The van der Waals surface area contributed by atoms with Crippen LogP contribution in [0.2, 0.25) is 0 Å². The fourth-order valence-electron chi connectivity index (χ4n) is 3.76. The molecule has 3 aromatic rings. The van der Waals surface area contributed by atoms with Gasteiger partial charge in [0, 0.05) is 35.7 Å². The maximum absolute atomic E-state index is 12.8. The van der Waals surface area contributed by atoms with Crippen LogP contribution in [0.25, 0.3) is 11.3 Å². The number of aryl methyl sites for hydroxylation is 1. The third kappa shape index (κ3) is 5.78. The fourth-order valence-corrected chi connectivity index (χ4v) is 4.37. The largest absolute Gasteiger partial charge is 0.350 e. The van der Waals surface area contributed by atoms with Gasteiger partial charge in [0.25, 0.3) is 0 Å². The molecular formula is C25H27BrN6O2. The highest BCUT2D eigenvalue weighted by atomic mass is 79.9. The van der Waals surface area contributed by atoms with Crippen LogP contribution in [0.4, 0.5) is 5.82 Å². The summed E-state index contributed by atoms with van der Waals surface area (Å²) in [6.07, 6.45) is 0. The SMILES string of the molecule is Cc1cccc(Br)c1CNC(=O)CN(CC(=O)N1CC(N)C1)c1ccc(-c2ccccc2)nn1. The third-order valence-corrected chi connectivity index (χ3v) is 6.53. The highest BCUT2D eigenvalue weighted by Gasteiger charge is 2.29. The standard InChI is InChI=1S/C25H27BrN6O2/c1-17-6-5-9-21(26)20(17)12-28-24(33)15-31(16-25(34)32-13-19(27)14-32)23-11-10-22(29-30-23)18-7-3-2-4-8-18/h2-11,19H,12-16,27H2,1H3,(H,28,33). The predicted molar refractivity (Wildman–Crippen MR) is 135 cm³/mol. The summed E-state index contributed by atoms with van der Waals surface area (Å²) in [5, 5.41) is 11.6. The van der Waals surface area contributed by atoms with Crippen LogP contribution in [0.15, 0.2) is 65.1 Å². The smallest absolute Gasteiger partial charge is 0.242 e. The normalized spacial score (nSPS) is 13.3. The van der Waals surface area contributed by atoms with Gasteiger partial charge in [-0.05, 0) is 36.2 Å². The van der Waals surface area contributed by atoms with Gasteiger partial charge < -0.3 is 20.9 Å². The number of likely N-dealkylation sites (tertiary alicyclic amines) is 1. The Bertz CT molecular complexity index is 1130. The summed E-state index contributed by atoms with van der Waals surface area (Å²) < 4.78 is 0.941. The number of anilines is 1. The Morgan fingerprint density at radius 1 is 1.06 bits per heavy atom. The zero-order chi connectivity index (χ0) is 24.1. The maximum Gasteiger partial charge on any atom is 0.242 e. The molecule has 34 heavy (non-hydrogen) atoms. The average molecular weight is 523 g/mol. The van der Waals surface area contributed by atoms with Crippen molar-refractivity contribution in [1.29, 1.82) is 0 Å². The molecule has 0 radical (unpaired) electrons. The van der Waals surface area contributed by atoms with Crippen molar-refractivity contribution >= 4 is 33.6 Å². The van der Waals surface area contributed by atoms with Crippen molar-refractivity contribution in [1.82, 2.24) is 20.4 Å². The summed E-state index contributed by atoms with van der Waals surface area (Å²) in [5.74, 6) is 0.160. The van der Waals surface area contributed by atoms with E-state index in [0.717, 1.165) is 26.9 Å². The molecule has 8 nitrogen and oxygen atoms in total. The molecule has 0 bridgehead atoms. The number of rotatable bonds is 8. The minimum absolute atomic E-state index is 0.0122. The van der Waals surface area contributed by atoms with Gasteiger partial charge in [-0.25, -0.2) is 0 Å². The van der Waals surface area contributed by atoms with E-state index in [1.54, 1.807) is 15.9 Å². The molecule has 1 aliphatic heterocycles. The lowest BCUT2D eigenvalue weighted by Crippen LogP contribution is -2.60. The summed E-state index contributed by atoms with van der Waals surface area (Å²) in [5.41, 5.74) is 9.58.